The summed E-state index contributed by atoms with van der Waals surface area (Å²) in [6.45, 7) is 7.94. The van der Waals surface area contributed by atoms with E-state index in [9.17, 15) is 0 Å². The Hall–Kier alpha value is -0.300. The van der Waals surface area contributed by atoms with Gasteiger partial charge in [-0.05, 0) is 25.3 Å². The monoisotopic (exact) mass is 128 g/mol. The van der Waals surface area contributed by atoms with E-state index in [-0.39, 0.29) is 6.10 Å². The summed E-state index contributed by atoms with van der Waals surface area (Å²) in [5, 5.41) is 9.00. The van der Waals surface area contributed by atoms with Crippen molar-refractivity contribution in [3.05, 3.63) is 11.6 Å². The normalized spacial score (nSPS) is 16.4. The zero-order chi connectivity index (χ0) is 7.44. The summed E-state index contributed by atoms with van der Waals surface area (Å²) in [5.41, 5.74) is 1.06. The van der Waals surface area contributed by atoms with Gasteiger partial charge < -0.3 is 5.11 Å². The van der Waals surface area contributed by atoms with Gasteiger partial charge in [0.15, 0.2) is 0 Å². The molecule has 0 aliphatic rings. The van der Waals surface area contributed by atoms with Gasteiger partial charge in [-0.1, -0.05) is 19.9 Å². The summed E-state index contributed by atoms with van der Waals surface area (Å²) in [5.74, 6) is 0.541. The van der Waals surface area contributed by atoms with Crippen molar-refractivity contribution in [1.82, 2.24) is 0 Å². The molecule has 0 radical (unpaired) electrons. The minimum Gasteiger partial charge on any atom is -0.389 e. The molecule has 1 unspecified atom stereocenters. The summed E-state index contributed by atoms with van der Waals surface area (Å²) in [4.78, 5) is 0. The number of rotatable bonds is 2. The van der Waals surface area contributed by atoms with Crippen LogP contribution in [-0.2, 0) is 0 Å². The van der Waals surface area contributed by atoms with E-state index >= 15 is 0 Å². The largest absolute Gasteiger partial charge is 0.389 e. The highest BCUT2D eigenvalue weighted by Crippen LogP contribution is 2.04. The van der Waals surface area contributed by atoms with Crippen molar-refractivity contribution in [2.45, 2.75) is 33.8 Å². The molecule has 0 saturated heterocycles. The van der Waals surface area contributed by atoms with Crippen LogP contribution in [0.3, 0.4) is 0 Å². The zero-order valence-electron chi connectivity index (χ0n) is 6.68. The number of aliphatic hydroxyl groups is 1. The Bertz CT molecular complexity index is 101. The van der Waals surface area contributed by atoms with Gasteiger partial charge in [0.2, 0.25) is 0 Å². The van der Waals surface area contributed by atoms with Crippen LogP contribution in [0.5, 0.6) is 0 Å². The van der Waals surface area contributed by atoms with E-state index in [2.05, 4.69) is 19.9 Å². The summed E-state index contributed by atoms with van der Waals surface area (Å²) in [6.07, 6.45) is 1.79. The molecule has 0 heterocycles. The molecule has 0 bridgehead atoms. The smallest absolute Gasteiger partial charge is 0.0719 e. The standard InChI is InChI=1S/C8H16O/c1-6(2)5-7(3)8(4)9/h5-6,8-9H,1-4H3/b7-5-. The molecule has 0 aliphatic heterocycles. The summed E-state index contributed by atoms with van der Waals surface area (Å²) in [7, 11) is 0. The van der Waals surface area contributed by atoms with Crippen molar-refractivity contribution >= 4 is 0 Å². The topological polar surface area (TPSA) is 20.2 Å². The van der Waals surface area contributed by atoms with Crippen LogP contribution < -0.4 is 0 Å². The van der Waals surface area contributed by atoms with Crippen LogP contribution >= 0.6 is 0 Å². The summed E-state index contributed by atoms with van der Waals surface area (Å²) in [6, 6.07) is 0. The van der Waals surface area contributed by atoms with Crippen molar-refractivity contribution in [2.75, 3.05) is 0 Å². The Morgan fingerprint density at radius 1 is 1.33 bits per heavy atom. The Labute approximate surface area is 57.4 Å². The fourth-order valence-electron chi connectivity index (χ4n) is 0.665. The van der Waals surface area contributed by atoms with Crippen molar-refractivity contribution in [1.29, 1.82) is 0 Å². The van der Waals surface area contributed by atoms with E-state index in [0.717, 1.165) is 5.57 Å². The fourth-order valence-corrected chi connectivity index (χ4v) is 0.665. The fraction of sp³-hybridized carbons (Fsp3) is 0.750. The molecule has 0 rings (SSSR count). The van der Waals surface area contributed by atoms with E-state index < -0.39 is 0 Å². The molecule has 0 amide bonds. The molecule has 0 saturated carbocycles. The maximum Gasteiger partial charge on any atom is 0.0719 e. The Kier molecular flexibility index (Phi) is 3.55. The molecule has 0 fully saturated rings. The Balaban J connectivity index is 3.84. The van der Waals surface area contributed by atoms with Gasteiger partial charge in [0, 0.05) is 0 Å². The maximum absolute atomic E-state index is 9.00. The second kappa shape index (κ2) is 3.67. The molecule has 0 aromatic rings. The highest BCUT2D eigenvalue weighted by atomic mass is 16.3. The van der Waals surface area contributed by atoms with Gasteiger partial charge in [0.1, 0.15) is 0 Å². The van der Waals surface area contributed by atoms with E-state index in [0.29, 0.717) is 5.92 Å². The molecule has 1 N–H and O–H groups in total. The lowest BCUT2D eigenvalue weighted by Gasteiger charge is -2.04. The summed E-state index contributed by atoms with van der Waals surface area (Å²) < 4.78 is 0. The van der Waals surface area contributed by atoms with Crippen LogP contribution in [0.15, 0.2) is 11.6 Å². The lowest BCUT2D eigenvalue weighted by Crippen LogP contribution is -2.01. The molecular weight excluding hydrogens is 112 g/mol. The van der Waals surface area contributed by atoms with Crippen LogP contribution in [0, 0.1) is 5.92 Å². The average Bonchev–Trinajstić information content (AvgIpc) is 1.63. The first-order chi connectivity index (χ1) is 4.04. The molecule has 1 heteroatoms. The minimum absolute atomic E-state index is 0.285. The highest BCUT2D eigenvalue weighted by Gasteiger charge is 1.97. The van der Waals surface area contributed by atoms with E-state index in [1.807, 2.05) is 6.92 Å². The first-order valence-corrected chi connectivity index (χ1v) is 3.40. The lowest BCUT2D eigenvalue weighted by atomic mass is 10.1. The third-order valence-electron chi connectivity index (χ3n) is 1.26. The molecule has 1 atom stereocenters. The number of aliphatic hydroxyl groups excluding tert-OH is 1. The van der Waals surface area contributed by atoms with E-state index in [1.165, 1.54) is 0 Å². The third kappa shape index (κ3) is 4.22. The second-order valence-electron chi connectivity index (χ2n) is 2.83. The quantitative estimate of drug-likeness (QED) is 0.564. The van der Waals surface area contributed by atoms with Crippen LogP contribution in [0.2, 0.25) is 0 Å². The van der Waals surface area contributed by atoms with Gasteiger partial charge in [-0.2, -0.15) is 0 Å². The first kappa shape index (κ1) is 8.70. The molecule has 1 nitrogen and oxygen atoms in total. The van der Waals surface area contributed by atoms with Crippen molar-refractivity contribution in [3.8, 4) is 0 Å². The van der Waals surface area contributed by atoms with Crippen molar-refractivity contribution < 1.29 is 5.11 Å². The second-order valence-corrected chi connectivity index (χ2v) is 2.83. The minimum atomic E-state index is -0.285. The molecule has 9 heavy (non-hydrogen) atoms. The Morgan fingerprint density at radius 3 is 1.89 bits per heavy atom. The van der Waals surface area contributed by atoms with Crippen LogP contribution in [0.4, 0.5) is 0 Å². The summed E-state index contributed by atoms with van der Waals surface area (Å²) >= 11 is 0. The van der Waals surface area contributed by atoms with E-state index in [4.69, 9.17) is 5.11 Å². The molecule has 0 spiro atoms. The van der Waals surface area contributed by atoms with Crippen LogP contribution in [-0.4, -0.2) is 11.2 Å². The van der Waals surface area contributed by atoms with Gasteiger partial charge in [-0.15, -0.1) is 0 Å². The first-order valence-electron chi connectivity index (χ1n) is 3.40. The van der Waals surface area contributed by atoms with Gasteiger partial charge in [-0.25, -0.2) is 0 Å². The number of hydrogen-bond donors (Lipinski definition) is 1. The van der Waals surface area contributed by atoms with Gasteiger partial charge >= 0.3 is 0 Å². The zero-order valence-corrected chi connectivity index (χ0v) is 6.68. The lowest BCUT2D eigenvalue weighted by molar-refractivity contribution is 0.230. The van der Waals surface area contributed by atoms with Crippen molar-refractivity contribution in [2.24, 2.45) is 5.92 Å². The average molecular weight is 128 g/mol. The van der Waals surface area contributed by atoms with Crippen LogP contribution in [0.1, 0.15) is 27.7 Å². The predicted molar refractivity (Wildman–Crippen MR) is 40.3 cm³/mol. The number of allylic oxidation sites excluding steroid dienone is 1. The third-order valence-corrected chi connectivity index (χ3v) is 1.26. The van der Waals surface area contributed by atoms with Gasteiger partial charge in [-0.3, -0.25) is 0 Å². The van der Waals surface area contributed by atoms with Crippen LogP contribution in [0.25, 0.3) is 0 Å². The van der Waals surface area contributed by atoms with Crippen molar-refractivity contribution in [3.63, 3.8) is 0 Å². The molecule has 54 valence electrons. The van der Waals surface area contributed by atoms with Gasteiger partial charge in [0.25, 0.3) is 0 Å². The Morgan fingerprint density at radius 2 is 1.78 bits per heavy atom. The molecule has 0 aromatic carbocycles. The highest BCUT2D eigenvalue weighted by molar-refractivity contribution is 5.03. The predicted octanol–water partition coefficient (Wildman–Crippen LogP) is 1.97. The SMILES string of the molecule is C/C(=C/C(C)C)C(C)O. The molecule has 0 aliphatic carbocycles. The molecular formula is C8H16O. The van der Waals surface area contributed by atoms with E-state index in [1.54, 1.807) is 6.92 Å². The number of hydrogen-bond acceptors (Lipinski definition) is 1. The maximum atomic E-state index is 9.00. The molecule has 0 aromatic heterocycles. The van der Waals surface area contributed by atoms with Gasteiger partial charge in [0.05, 0.1) is 6.10 Å².